The minimum Gasteiger partial charge on any atom is -0.299 e. The van der Waals surface area contributed by atoms with E-state index < -0.39 is 0 Å². The Morgan fingerprint density at radius 1 is 1.16 bits per heavy atom. The van der Waals surface area contributed by atoms with Crippen molar-refractivity contribution in [3.63, 3.8) is 0 Å². The number of Topliss-reactive ketones (excluding diaryl/α,β-unsaturated/α-hetero) is 2. The lowest BCUT2D eigenvalue weighted by atomic mass is 9.98. The molecular formula is C15H13NO2S. The number of thioether (sulfide) groups is 1. The molecule has 1 aliphatic rings. The van der Waals surface area contributed by atoms with Gasteiger partial charge in [-0.3, -0.25) is 14.6 Å². The number of aromatic nitrogens is 1. The number of benzene rings is 1. The molecule has 0 aliphatic heterocycles. The second kappa shape index (κ2) is 5.13. The van der Waals surface area contributed by atoms with Crippen LogP contribution < -0.4 is 0 Å². The zero-order valence-corrected chi connectivity index (χ0v) is 11.2. The van der Waals surface area contributed by atoms with Crippen molar-refractivity contribution in [1.29, 1.82) is 0 Å². The van der Waals surface area contributed by atoms with Crippen molar-refractivity contribution < 1.29 is 9.59 Å². The molecule has 96 valence electrons. The van der Waals surface area contributed by atoms with E-state index in [0.29, 0.717) is 12.8 Å². The van der Waals surface area contributed by atoms with Gasteiger partial charge in [0.25, 0.3) is 0 Å². The number of carbonyl (C=O) groups is 2. The number of fused-ring (bicyclic) bond motifs is 1. The molecule has 3 rings (SSSR count). The molecule has 4 heteroatoms. The molecule has 1 saturated carbocycles. The Hall–Kier alpha value is -1.68. The van der Waals surface area contributed by atoms with Crippen LogP contribution in [0.5, 0.6) is 0 Å². The maximum atomic E-state index is 11.9. The van der Waals surface area contributed by atoms with Gasteiger partial charge >= 0.3 is 0 Å². The fourth-order valence-electron chi connectivity index (χ4n) is 2.30. The maximum Gasteiger partial charge on any atom is 0.153 e. The first kappa shape index (κ1) is 12.4. The van der Waals surface area contributed by atoms with Crippen LogP contribution in [-0.4, -0.2) is 21.8 Å². The lowest BCUT2D eigenvalue weighted by Crippen LogP contribution is -2.26. The molecule has 0 N–H and O–H groups in total. The van der Waals surface area contributed by atoms with E-state index in [-0.39, 0.29) is 23.2 Å². The third kappa shape index (κ3) is 2.54. The summed E-state index contributed by atoms with van der Waals surface area (Å²) >= 11 is 1.54. The Morgan fingerprint density at radius 3 is 2.84 bits per heavy atom. The molecule has 1 fully saturated rings. The standard InChI is InChI=1S/C15H13NO2S/c17-11-6-7-13(12(18)9-11)19-14-5-1-3-10-4-2-8-16-15(10)14/h1-5,8,13H,6-7,9H2. The maximum absolute atomic E-state index is 11.9. The van der Waals surface area contributed by atoms with E-state index >= 15 is 0 Å². The number of ketones is 2. The van der Waals surface area contributed by atoms with E-state index in [1.165, 1.54) is 11.8 Å². The zero-order valence-electron chi connectivity index (χ0n) is 10.3. The summed E-state index contributed by atoms with van der Waals surface area (Å²) in [5.74, 6) is 0.118. The molecule has 0 spiro atoms. The third-order valence-electron chi connectivity index (χ3n) is 3.28. The van der Waals surface area contributed by atoms with Crippen LogP contribution in [0.15, 0.2) is 41.4 Å². The smallest absolute Gasteiger partial charge is 0.153 e. The molecule has 1 aromatic carbocycles. The topological polar surface area (TPSA) is 47.0 Å². The van der Waals surface area contributed by atoms with E-state index in [1.54, 1.807) is 6.20 Å². The molecule has 2 aromatic rings. The van der Waals surface area contributed by atoms with Crippen molar-refractivity contribution >= 4 is 34.2 Å². The lowest BCUT2D eigenvalue weighted by Gasteiger charge is -2.19. The highest BCUT2D eigenvalue weighted by atomic mass is 32.2. The molecule has 1 atom stereocenters. The Bertz CT molecular complexity index is 648. The third-order valence-corrected chi connectivity index (χ3v) is 4.65. The monoisotopic (exact) mass is 271 g/mol. The minimum atomic E-state index is -0.106. The van der Waals surface area contributed by atoms with Crippen molar-refractivity contribution in [2.24, 2.45) is 0 Å². The normalized spacial score (nSPS) is 19.9. The fraction of sp³-hybridized carbons (Fsp3) is 0.267. The molecule has 0 amide bonds. The number of hydrogen-bond acceptors (Lipinski definition) is 4. The second-order valence-corrected chi connectivity index (χ2v) is 5.90. The van der Waals surface area contributed by atoms with E-state index in [9.17, 15) is 9.59 Å². The Morgan fingerprint density at radius 2 is 2.00 bits per heavy atom. The Labute approximate surface area is 115 Å². The van der Waals surface area contributed by atoms with Crippen molar-refractivity contribution in [2.75, 3.05) is 0 Å². The minimum absolute atomic E-state index is 0.0502. The number of pyridine rings is 1. The molecule has 0 saturated heterocycles. The summed E-state index contributed by atoms with van der Waals surface area (Å²) in [6, 6.07) is 9.90. The number of para-hydroxylation sites is 1. The average molecular weight is 271 g/mol. The first-order valence-electron chi connectivity index (χ1n) is 6.29. The molecule has 1 unspecified atom stereocenters. The van der Waals surface area contributed by atoms with Gasteiger partial charge in [0, 0.05) is 22.9 Å². The lowest BCUT2D eigenvalue weighted by molar-refractivity contribution is -0.129. The van der Waals surface area contributed by atoms with Gasteiger partial charge in [0.1, 0.15) is 5.78 Å². The summed E-state index contributed by atoms with van der Waals surface area (Å²) < 4.78 is 0. The molecule has 1 aliphatic carbocycles. The van der Waals surface area contributed by atoms with Crippen LogP contribution in [0.2, 0.25) is 0 Å². The van der Waals surface area contributed by atoms with E-state index in [4.69, 9.17) is 0 Å². The van der Waals surface area contributed by atoms with E-state index in [0.717, 1.165) is 15.8 Å². The van der Waals surface area contributed by atoms with Crippen LogP contribution in [0.1, 0.15) is 19.3 Å². The van der Waals surface area contributed by atoms with Gasteiger partial charge < -0.3 is 0 Å². The van der Waals surface area contributed by atoms with Crippen LogP contribution in [0, 0.1) is 0 Å². The van der Waals surface area contributed by atoms with Crippen molar-refractivity contribution in [3.05, 3.63) is 36.5 Å². The molecule has 1 heterocycles. The number of carbonyl (C=O) groups excluding carboxylic acids is 2. The van der Waals surface area contributed by atoms with E-state index in [1.807, 2.05) is 30.3 Å². The van der Waals surface area contributed by atoms with Crippen LogP contribution in [0.3, 0.4) is 0 Å². The van der Waals surface area contributed by atoms with Gasteiger partial charge in [-0.2, -0.15) is 0 Å². The molecular weight excluding hydrogens is 258 g/mol. The summed E-state index contributed by atoms with van der Waals surface area (Å²) in [5.41, 5.74) is 0.930. The second-order valence-electron chi connectivity index (χ2n) is 4.66. The van der Waals surface area contributed by atoms with Crippen molar-refractivity contribution in [2.45, 2.75) is 29.4 Å². The first-order chi connectivity index (χ1) is 9.24. The van der Waals surface area contributed by atoms with Gasteiger partial charge in [0.15, 0.2) is 5.78 Å². The summed E-state index contributed by atoms with van der Waals surface area (Å²) in [6.45, 7) is 0. The zero-order chi connectivity index (χ0) is 13.2. The van der Waals surface area contributed by atoms with Gasteiger partial charge in [0.05, 0.1) is 17.2 Å². The van der Waals surface area contributed by atoms with E-state index in [2.05, 4.69) is 4.98 Å². The average Bonchev–Trinajstić information content (AvgIpc) is 2.42. The van der Waals surface area contributed by atoms with Crippen molar-refractivity contribution in [3.8, 4) is 0 Å². The van der Waals surface area contributed by atoms with Crippen LogP contribution in [0.4, 0.5) is 0 Å². The van der Waals surface area contributed by atoms with Crippen LogP contribution in [0.25, 0.3) is 10.9 Å². The van der Waals surface area contributed by atoms with Crippen molar-refractivity contribution in [1.82, 2.24) is 4.98 Å². The van der Waals surface area contributed by atoms with Gasteiger partial charge in [-0.15, -0.1) is 11.8 Å². The summed E-state index contributed by atoms with van der Waals surface area (Å²) in [6.07, 6.45) is 3.02. The summed E-state index contributed by atoms with van der Waals surface area (Å²) in [7, 11) is 0. The highest BCUT2D eigenvalue weighted by Crippen LogP contribution is 2.34. The fourth-order valence-corrected chi connectivity index (χ4v) is 3.50. The molecule has 3 nitrogen and oxygen atoms in total. The largest absolute Gasteiger partial charge is 0.299 e. The first-order valence-corrected chi connectivity index (χ1v) is 7.17. The van der Waals surface area contributed by atoms with Crippen LogP contribution >= 0.6 is 11.8 Å². The van der Waals surface area contributed by atoms with Gasteiger partial charge in [-0.25, -0.2) is 0 Å². The Balaban J connectivity index is 1.89. The predicted octanol–water partition coefficient (Wildman–Crippen LogP) is 3.02. The summed E-state index contributed by atoms with van der Waals surface area (Å²) in [5, 5.41) is 0.970. The molecule has 0 radical (unpaired) electrons. The van der Waals surface area contributed by atoms with Crippen LogP contribution in [-0.2, 0) is 9.59 Å². The summed E-state index contributed by atoms with van der Waals surface area (Å²) in [4.78, 5) is 28.5. The number of hydrogen-bond donors (Lipinski definition) is 0. The number of nitrogens with zero attached hydrogens (tertiary/aromatic N) is 1. The highest BCUT2D eigenvalue weighted by molar-refractivity contribution is 8.00. The SMILES string of the molecule is O=C1CCC(Sc2cccc3cccnc23)C(=O)C1. The van der Waals surface area contributed by atoms with Gasteiger partial charge in [-0.05, 0) is 18.6 Å². The number of rotatable bonds is 2. The highest BCUT2D eigenvalue weighted by Gasteiger charge is 2.28. The quantitative estimate of drug-likeness (QED) is 0.788. The molecule has 1 aromatic heterocycles. The van der Waals surface area contributed by atoms with Gasteiger partial charge in [-0.1, -0.05) is 18.2 Å². The molecule has 0 bridgehead atoms. The molecule has 19 heavy (non-hydrogen) atoms. The Kier molecular flexibility index (Phi) is 3.34. The predicted molar refractivity (Wildman–Crippen MR) is 75.3 cm³/mol. The van der Waals surface area contributed by atoms with Gasteiger partial charge in [0.2, 0.25) is 0 Å².